The maximum Gasteiger partial charge on any atom is 0.0414 e. The van der Waals surface area contributed by atoms with E-state index in [9.17, 15) is 0 Å². The minimum Gasteiger partial charge on any atom is -0.371 e. The number of nitrogens with zero attached hydrogens (tertiary/aromatic N) is 1. The van der Waals surface area contributed by atoms with Gasteiger partial charge in [-0.2, -0.15) is 0 Å². The van der Waals surface area contributed by atoms with Gasteiger partial charge in [0.1, 0.15) is 0 Å². The van der Waals surface area contributed by atoms with E-state index in [2.05, 4.69) is 49.2 Å². The SMILES string of the molecule is CCN(CC(C)C)c1cccc2c1CNCC2. The number of benzene rings is 1. The Hall–Kier alpha value is -1.02. The lowest BCUT2D eigenvalue weighted by Crippen LogP contribution is -2.31. The van der Waals surface area contributed by atoms with Gasteiger partial charge in [0.15, 0.2) is 0 Å². The van der Waals surface area contributed by atoms with E-state index in [0.717, 1.165) is 26.2 Å². The Labute approximate surface area is 105 Å². The van der Waals surface area contributed by atoms with Gasteiger partial charge in [-0.1, -0.05) is 26.0 Å². The molecule has 1 aromatic rings. The lowest BCUT2D eigenvalue weighted by atomic mass is 9.98. The molecule has 1 aliphatic rings. The highest BCUT2D eigenvalue weighted by molar-refractivity contribution is 5.57. The van der Waals surface area contributed by atoms with Gasteiger partial charge in [0, 0.05) is 25.3 Å². The summed E-state index contributed by atoms with van der Waals surface area (Å²) in [5, 5.41) is 3.49. The van der Waals surface area contributed by atoms with Crippen molar-refractivity contribution in [1.82, 2.24) is 5.32 Å². The van der Waals surface area contributed by atoms with Crippen LogP contribution in [0.5, 0.6) is 0 Å². The molecule has 0 saturated carbocycles. The maximum absolute atomic E-state index is 3.49. The standard InChI is InChI=1S/C15H24N2/c1-4-17(11-12(2)3)15-7-5-6-13-8-9-16-10-14(13)15/h5-7,12,16H,4,8-11H2,1-3H3. The van der Waals surface area contributed by atoms with E-state index in [1.165, 1.54) is 23.2 Å². The van der Waals surface area contributed by atoms with Crippen LogP contribution in [0.2, 0.25) is 0 Å². The van der Waals surface area contributed by atoms with Crippen LogP contribution in [-0.4, -0.2) is 19.6 Å². The molecule has 0 amide bonds. The summed E-state index contributed by atoms with van der Waals surface area (Å²) in [5.74, 6) is 0.711. The quantitative estimate of drug-likeness (QED) is 0.858. The van der Waals surface area contributed by atoms with Crippen molar-refractivity contribution in [2.75, 3.05) is 24.5 Å². The van der Waals surface area contributed by atoms with Crippen molar-refractivity contribution < 1.29 is 0 Å². The van der Waals surface area contributed by atoms with Crippen LogP contribution < -0.4 is 10.2 Å². The zero-order valence-corrected chi connectivity index (χ0v) is 11.3. The highest BCUT2D eigenvalue weighted by atomic mass is 15.1. The monoisotopic (exact) mass is 232 g/mol. The highest BCUT2D eigenvalue weighted by Gasteiger charge is 2.16. The molecular formula is C15H24N2. The lowest BCUT2D eigenvalue weighted by molar-refractivity contribution is 0.606. The second-order valence-electron chi connectivity index (χ2n) is 5.27. The first-order valence-electron chi connectivity index (χ1n) is 6.78. The molecule has 2 nitrogen and oxygen atoms in total. The first-order valence-corrected chi connectivity index (χ1v) is 6.78. The predicted molar refractivity (Wildman–Crippen MR) is 74.6 cm³/mol. The molecule has 1 N–H and O–H groups in total. The first-order chi connectivity index (χ1) is 8.22. The Morgan fingerprint density at radius 3 is 2.88 bits per heavy atom. The van der Waals surface area contributed by atoms with Crippen LogP contribution in [0.15, 0.2) is 18.2 Å². The van der Waals surface area contributed by atoms with Crippen LogP contribution >= 0.6 is 0 Å². The third-order valence-electron chi connectivity index (χ3n) is 3.43. The van der Waals surface area contributed by atoms with Crippen LogP contribution in [0.4, 0.5) is 5.69 Å². The average Bonchev–Trinajstić information content (AvgIpc) is 2.35. The third kappa shape index (κ3) is 2.81. The molecule has 1 aliphatic heterocycles. The summed E-state index contributed by atoms with van der Waals surface area (Å²) < 4.78 is 0. The molecule has 2 rings (SSSR count). The Kier molecular flexibility index (Phi) is 4.06. The Morgan fingerprint density at radius 2 is 2.18 bits per heavy atom. The molecule has 94 valence electrons. The van der Waals surface area contributed by atoms with E-state index < -0.39 is 0 Å². The summed E-state index contributed by atoms with van der Waals surface area (Å²) in [6, 6.07) is 6.77. The zero-order chi connectivity index (χ0) is 12.3. The molecule has 1 heterocycles. The molecule has 2 heteroatoms. The summed E-state index contributed by atoms with van der Waals surface area (Å²) in [6.45, 7) is 11.2. The third-order valence-corrected chi connectivity index (χ3v) is 3.43. The number of hydrogen-bond donors (Lipinski definition) is 1. The van der Waals surface area contributed by atoms with Gasteiger partial charge in [-0.05, 0) is 43.0 Å². The van der Waals surface area contributed by atoms with E-state index in [1.54, 1.807) is 0 Å². The van der Waals surface area contributed by atoms with E-state index in [1.807, 2.05) is 0 Å². The highest BCUT2D eigenvalue weighted by Crippen LogP contribution is 2.26. The molecule has 0 aromatic heterocycles. The largest absolute Gasteiger partial charge is 0.371 e. The topological polar surface area (TPSA) is 15.3 Å². The molecule has 0 saturated heterocycles. The molecule has 0 fully saturated rings. The summed E-state index contributed by atoms with van der Waals surface area (Å²) in [6.07, 6.45) is 1.17. The van der Waals surface area contributed by atoms with Gasteiger partial charge in [0.05, 0.1) is 0 Å². The van der Waals surface area contributed by atoms with Crippen LogP contribution in [0.25, 0.3) is 0 Å². The van der Waals surface area contributed by atoms with Gasteiger partial charge >= 0.3 is 0 Å². The van der Waals surface area contributed by atoms with Crippen LogP contribution in [0.1, 0.15) is 31.9 Å². The summed E-state index contributed by atoms with van der Waals surface area (Å²) in [5.41, 5.74) is 4.48. The Bertz CT molecular complexity index is 371. The molecule has 0 bridgehead atoms. The molecular weight excluding hydrogens is 208 g/mol. The normalized spacial score (nSPS) is 14.8. The van der Waals surface area contributed by atoms with Crippen molar-refractivity contribution in [3.05, 3.63) is 29.3 Å². The Balaban J connectivity index is 2.29. The average molecular weight is 232 g/mol. The van der Waals surface area contributed by atoms with Crippen molar-refractivity contribution in [3.63, 3.8) is 0 Å². The van der Waals surface area contributed by atoms with Crippen molar-refractivity contribution in [2.24, 2.45) is 5.92 Å². The van der Waals surface area contributed by atoms with E-state index in [-0.39, 0.29) is 0 Å². The fraction of sp³-hybridized carbons (Fsp3) is 0.600. The second kappa shape index (κ2) is 5.54. The molecule has 0 radical (unpaired) electrons. The smallest absolute Gasteiger partial charge is 0.0414 e. The molecule has 0 atom stereocenters. The predicted octanol–water partition coefficient (Wildman–Crippen LogP) is 2.81. The van der Waals surface area contributed by atoms with Crippen molar-refractivity contribution >= 4 is 5.69 Å². The van der Waals surface area contributed by atoms with Gasteiger partial charge in [0.2, 0.25) is 0 Å². The zero-order valence-electron chi connectivity index (χ0n) is 11.3. The number of anilines is 1. The first kappa shape index (κ1) is 12.4. The fourth-order valence-corrected chi connectivity index (χ4v) is 2.63. The minimum absolute atomic E-state index is 0.711. The van der Waals surface area contributed by atoms with Gasteiger partial charge in [0.25, 0.3) is 0 Å². The fourth-order valence-electron chi connectivity index (χ4n) is 2.63. The van der Waals surface area contributed by atoms with E-state index in [0.29, 0.717) is 5.92 Å². The number of fused-ring (bicyclic) bond motifs is 1. The van der Waals surface area contributed by atoms with Crippen LogP contribution in [0, 0.1) is 5.92 Å². The summed E-state index contributed by atoms with van der Waals surface area (Å²) in [7, 11) is 0. The lowest BCUT2D eigenvalue weighted by Gasteiger charge is -2.30. The number of nitrogens with one attached hydrogen (secondary N) is 1. The summed E-state index contributed by atoms with van der Waals surface area (Å²) >= 11 is 0. The molecule has 17 heavy (non-hydrogen) atoms. The van der Waals surface area contributed by atoms with Gasteiger partial charge in [-0.3, -0.25) is 0 Å². The molecule has 0 unspecified atom stereocenters. The van der Waals surface area contributed by atoms with E-state index in [4.69, 9.17) is 0 Å². The minimum atomic E-state index is 0.711. The van der Waals surface area contributed by atoms with Gasteiger partial charge < -0.3 is 10.2 Å². The summed E-state index contributed by atoms with van der Waals surface area (Å²) in [4.78, 5) is 2.51. The molecule has 1 aromatic carbocycles. The van der Waals surface area contributed by atoms with Gasteiger partial charge in [-0.25, -0.2) is 0 Å². The van der Waals surface area contributed by atoms with Crippen molar-refractivity contribution in [3.8, 4) is 0 Å². The van der Waals surface area contributed by atoms with Gasteiger partial charge in [-0.15, -0.1) is 0 Å². The number of rotatable bonds is 4. The van der Waals surface area contributed by atoms with Crippen LogP contribution in [0.3, 0.4) is 0 Å². The van der Waals surface area contributed by atoms with Crippen molar-refractivity contribution in [1.29, 1.82) is 0 Å². The van der Waals surface area contributed by atoms with Crippen molar-refractivity contribution in [2.45, 2.75) is 33.7 Å². The maximum atomic E-state index is 3.49. The molecule has 0 aliphatic carbocycles. The molecule has 0 spiro atoms. The second-order valence-corrected chi connectivity index (χ2v) is 5.27. The van der Waals surface area contributed by atoms with E-state index >= 15 is 0 Å². The Morgan fingerprint density at radius 1 is 1.35 bits per heavy atom. The number of hydrogen-bond acceptors (Lipinski definition) is 2. The van der Waals surface area contributed by atoms with Crippen LogP contribution in [-0.2, 0) is 13.0 Å².